The third-order valence-electron chi connectivity index (χ3n) is 7.78. The molecule has 0 radical (unpaired) electrons. The van der Waals surface area contributed by atoms with Crippen LogP contribution in [-0.2, 0) is 9.53 Å². The van der Waals surface area contributed by atoms with Crippen LogP contribution in [0.15, 0.2) is 35.5 Å². The van der Waals surface area contributed by atoms with E-state index in [2.05, 4.69) is 31.2 Å². The first-order valence-electron chi connectivity index (χ1n) is 9.36. The maximum absolute atomic E-state index is 11.8. The van der Waals surface area contributed by atoms with E-state index in [4.69, 9.17) is 4.74 Å². The number of carbonyl (C=O) groups is 1. The highest BCUT2D eigenvalue weighted by Crippen LogP contribution is 2.65. The molecule has 0 aromatic rings. The molecule has 5 atom stereocenters. The minimum absolute atomic E-state index is 0.00760. The van der Waals surface area contributed by atoms with Crippen LogP contribution >= 0.6 is 0 Å². The Labute approximate surface area is 138 Å². The maximum Gasteiger partial charge on any atom is 0.137 e. The van der Waals surface area contributed by atoms with Gasteiger partial charge in [-0.05, 0) is 55.4 Å². The molecule has 0 N–H and O–H groups in total. The standard InChI is InChI=1S/C21H26O2/c1-20-10-7-17-16-6-4-15(22)13-14(16)3-5-18(17)19(20)8-11-21(20)9-2-12-23-21/h2-3,5,9,17-19H,4,6-8,10-13H2,1H3/t17?,18?,19?,20-,21-/m0/s1. The third-order valence-corrected chi connectivity index (χ3v) is 7.78. The second kappa shape index (κ2) is 4.69. The van der Waals surface area contributed by atoms with Crippen molar-refractivity contribution in [3.63, 3.8) is 0 Å². The number of carbonyl (C=O) groups excluding carboxylic acids is 1. The average Bonchev–Trinajstić information content (AvgIpc) is 3.14. The van der Waals surface area contributed by atoms with Crippen LogP contribution in [0, 0.1) is 23.2 Å². The largest absolute Gasteiger partial charge is 0.366 e. The molecule has 3 unspecified atom stereocenters. The van der Waals surface area contributed by atoms with Gasteiger partial charge in [0.15, 0.2) is 0 Å². The van der Waals surface area contributed by atoms with Gasteiger partial charge in [-0.2, -0.15) is 0 Å². The molecule has 0 saturated heterocycles. The number of hydrogen-bond acceptors (Lipinski definition) is 2. The molecule has 2 heteroatoms. The Bertz CT molecular complexity index is 655. The van der Waals surface area contributed by atoms with Crippen molar-refractivity contribution >= 4 is 5.78 Å². The second-order valence-electron chi connectivity index (χ2n) is 8.51. The molecule has 2 saturated carbocycles. The van der Waals surface area contributed by atoms with Gasteiger partial charge in [0, 0.05) is 18.3 Å². The Hall–Kier alpha value is -1.15. The summed E-state index contributed by atoms with van der Waals surface area (Å²) in [5.74, 6) is 2.52. The van der Waals surface area contributed by atoms with Gasteiger partial charge in [0.05, 0.1) is 12.2 Å². The molecular formula is C21H26O2. The van der Waals surface area contributed by atoms with E-state index >= 15 is 0 Å². The summed E-state index contributed by atoms with van der Waals surface area (Å²) in [6.45, 7) is 3.28. The van der Waals surface area contributed by atoms with Gasteiger partial charge < -0.3 is 4.74 Å². The van der Waals surface area contributed by atoms with Crippen LogP contribution in [0.25, 0.3) is 0 Å². The highest BCUT2D eigenvalue weighted by Gasteiger charge is 2.62. The van der Waals surface area contributed by atoms with E-state index in [1.165, 1.54) is 31.3 Å². The van der Waals surface area contributed by atoms with Crippen LogP contribution in [0.2, 0.25) is 0 Å². The van der Waals surface area contributed by atoms with Gasteiger partial charge in [0.1, 0.15) is 5.78 Å². The van der Waals surface area contributed by atoms with Gasteiger partial charge in [-0.15, -0.1) is 0 Å². The summed E-state index contributed by atoms with van der Waals surface area (Å²) in [5.41, 5.74) is 3.28. The molecule has 23 heavy (non-hydrogen) atoms. The molecule has 1 aliphatic heterocycles. The number of allylic oxidation sites excluding steroid dienone is 4. The van der Waals surface area contributed by atoms with E-state index in [1.54, 1.807) is 5.57 Å². The first-order valence-corrected chi connectivity index (χ1v) is 9.36. The summed E-state index contributed by atoms with van der Waals surface area (Å²) in [7, 11) is 0. The van der Waals surface area contributed by atoms with E-state index in [9.17, 15) is 4.79 Å². The molecule has 0 amide bonds. The van der Waals surface area contributed by atoms with Crippen molar-refractivity contribution in [2.45, 2.75) is 57.5 Å². The molecular weight excluding hydrogens is 284 g/mol. The molecule has 1 heterocycles. The van der Waals surface area contributed by atoms with Gasteiger partial charge in [-0.25, -0.2) is 0 Å². The van der Waals surface area contributed by atoms with Crippen molar-refractivity contribution in [1.82, 2.24) is 0 Å². The lowest BCUT2D eigenvalue weighted by Crippen LogP contribution is -2.50. The number of ether oxygens (including phenoxy) is 1. The summed E-state index contributed by atoms with van der Waals surface area (Å²) in [4.78, 5) is 11.8. The summed E-state index contributed by atoms with van der Waals surface area (Å²) in [6.07, 6.45) is 16.9. The summed E-state index contributed by atoms with van der Waals surface area (Å²) < 4.78 is 6.28. The van der Waals surface area contributed by atoms with Crippen molar-refractivity contribution in [2.75, 3.05) is 6.61 Å². The lowest BCUT2D eigenvalue weighted by molar-refractivity contribution is -0.118. The number of Topliss-reactive ketones (excluding diaryl/α,β-unsaturated/α-hetero) is 1. The summed E-state index contributed by atoms with van der Waals surface area (Å²) >= 11 is 0. The molecule has 0 aromatic heterocycles. The molecule has 122 valence electrons. The fraction of sp³-hybridized carbons (Fsp3) is 0.667. The fourth-order valence-corrected chi connectivity index (χ4v) is 6.56. The SMILES string of the molecule is C[C@]12CCC3C4=C(C=CC3C1CC[C@@]21C=CCO1)CC(=O)CC4. The molecule has 5 aliphatic rings. The van der Waals surface area contributed by atoms with Crippen LogP contribution in [0.1, 0.15) is 51.9 Å². The smallest absolute Gasteiger partial charge is 0.137 e. The summed E-state index contributed by atoms with van der Waals surface area (Å²) in [6, 6.07) is 0. The van der Waals surface area contributed by atoms with E-state index in [0.29, 0.717) is 24.0 Å². The number of ketones is 1. The van der Waals surface area contributed by atoms with Crippen LogP contribution in [0.3, 0.4) is 0 Å². The zero-order chi connectivity index (χ0) is 15.7. The molecule has 0 bridgehead atoms. The van der Waals surface area contributed by atoms with Crippen LogP contribution in [0.5, 0.6) is 0 Å². The predicted octanol–water partition coefficient (Wildman–Crippen LogP) is 4.37. The number of rotatable bonds is 0. The Kier molecular flexibility index (Phi) is 2.90. The normalized spacial score (nSPS) is 47.9. The zero-order valence-electron chi connectivity index (χ0n) is 14.0. The first-order chi connectivity index (χ1) is 11.1. The first kappa shape index (κ1) is 14.2. The molecule has 2 nitrogen and oxygen atoms in total. The van der Waals surface area contributed by atoms with E-state index in [-0.39, 0.29) is 11.0 Å². The minimum Gasteiger partial charge on any atom is -0.366 e. The quantitative estimate of drug-likeness (QED) is 0.621. The Morgan fingerprint density at radius 2 is 2.13 bits per heavy atom. The maximum atomic E-state index is 11.8. The van der Waals surface area contributed by atoms with Crippen molar-refractivity contribution in [3.8, 4) is 0 Å². The molecule has 1 spiro atoms. The van der Waals surface area contributed by atoms with Crippen LogP contribution in [-0.4, -0.2) is 18.0 Å². The van der Waals surface area contributed by atoms with Gasteiger partial charge in [-0.3, -0.25) is 4.79 Å². The third kappa shape index (κ3) is 1.76. The van der Waals surface area contributed by atoms with Crippen molar-refractivity contribution in [3.05, 3.63) is 35.5 Å². The Morgan fingerprint density at radius 1 is 1.22 bits per heavy atom. The minimum atomic E-state index is 0.00760. The van der Waals surface area contributed by atoms with E-state index in [0.717, 1.165) is 25.4 Å². The van der Waals surface area contributed by atoms with Gasteiger partial charge >= 0.3 is 0 Å². The topological polar surface area (TPSA) is 26.3 Å². The predicted molar refractivity (Wildman–Crippen MR) is 89.9 cm³/mol. The van der Waals surface area contributed by atoms with Gasteiger partial charge in [0.2, 0.25) is 0 Å². The molecule has 2 fully saturated rings. The fourth-order valence-electron chi connectivity index (χ4n) is 6.56. The van der Waals surface area contributed by atoms with Crippen LogP contribution < -0.4 is 0 Å². The highest BCUT2D eigenvalue weighted by molar-refractivity contribution is 5.83. The molecule has 5 rings (SSSR count). The molecule has 4 aliphatic carbocycles. The van der Waals surface area contributed by atoms with Crippen LogP contribution in [0.4, 0.5) is 0 Å². The number of fused-ring (bicyclic) bond motifs is 5. The van der Waals surface area contributed by atoms with Crippen molar-refractivity contribution < 1.29 is 9.53 Å². The zero-order valence-corrected chi connectivity index (χ0v) is 14.0. The Balaban J connectivity index is 1.50. The van der Waals surface area contributed by atoms with E-state index in [1.807, 2.05) is 0 Å². The monoisotopic (exact) mass is 310 g/mol. The average molecular weight is 310 g/mol. The second-order valence-corrected chi connectivity index (χ2v) is 8.51. The highest BCUT2D eigenvalue weighted by atomic mass is 16.5. The lowest BCUT2D eigenvalue weighted by Gasteiger charge is -2.52. The van der Waals surface area contributed by atoms with Gasteiger partial charge in [-0.1, -0.05) is 36.8 Å². The molecule has 0 aromatic carbocycles. The summed E-state index contributed by atoms with van der Waals surface area (Å²) in [5, 5.41) is 0. The lowest BCUT2D eigenvalue weighted by atomic mass is 9.54. The van der Waals surface area contributed by atoms with Gasteiger partial charge in [0.25, 0.3) is 0 Å². The van der Waals surface area contributed by atoms with Crippen molar-refractivity contribution in [1.29, 1.82) is 0 Å². The van der Waals surface area contributed by atoms with Crippen molar-refractivity contribution in [2.24, 2.45) is 23.2 Å². The Morgan fingerprint density at radius 3 is 2.96 bits per heavy atom. The van der Waals surface area contributed by atoms with E-state index < -0.39 is 0 Å². The number of hydrogen-bond donors (Lipinski definition) is 0.